The van der Waals surface area contributed by atoms with E-state index in [1.807, 2.05) is 39.8 Å². The van der Waals surface area contributed by atoms with Crippen molar-refractivity contribution in [3.8, 4) is 22.6 Å². The van der Waals surface area contributed by atoms with Gasteiger partial charge in [-0.1, -0.05) is 12.1 Å². The molecule has 0 bridgehead atoms. The molecule has 0 unspecified atom stereocenters. The molecule has 18 heavy (non-hydrogen) atoms. The molecule has 0 saturated carbocycles. The van der Waals surface area contributed by atoms with Crippen molar-refractivity contribution in [2.45, 2.75) is 27.7 Å². The van der Waals surface area contributed by atoms with Gasteiger partial charge in [0, 0.05) is 0 Å². The summed E-state index contributed by atoms with van der Waals surface area (Å²) in [5, 5.41) is 19.8. The van der Waals surface area contributed by atoms with E-state index in [2.05, 4.69) is 0 Å². The fraction of sp³-hybridized carbons (Fsp3) is 0.250. The molecule has 2 rings (SSSR count). The van der Waals surface area contributed by atoms with Crippen LogP contribution in [0.3, 0.4) is 0 Å². The van der Waals surface area contributed by atoms with Crippen LogP contribution in [0.1, 0.15) is 22.3 Å². The lowest BCUT2D eigenvalue weighted by molar-refractivity contribution is 0.469. The molecule has 0 radical (unpaired) electrons. The number of aryl methyl sites for hydroxylation is 2. The van der Waals surface area contributed by atoms with Crippen LogP contribution in [0.15, 0.2) is 24.3 Å². The second-order valence-electron chi connectivity index (χ2n) is 4.91. The summed E-state index contributed by atoms with van der Waals surface area (Å²) < 4.78 is 0. The lowest BCUT2D eigenvalue weighted by atomic mass is 9.92. The zero-order valence-electron chi connectivity index (χ0n) is 11.2. The van der Waals surface area contributed by atoms with Crippen LogP contribution in [-0.4, -0.2) is 10.2 Å². The lowest BCUT2D eigenvalue weighted by Crippen LogP contribution is -1.91. The third-order valence-corrected chi connectivity index (χ3v) is 3.34. The highest BCUT2D eigenvalue weighted by atomic mass is 16.3. The fourth-order valence-corrected chi connectivity index (χ4v) is 2.24. The summed E-state index contributed by atoms with van der Waals surface area (Å²) in [5.74, 6) is 0.593. The first kappa shape index (κ1) is 12.5. The van der Waals surface area contributed by atoms with Gasteiger partial charge >= 0.3 is 0 Å². The Morgan fingerprint density at radius 1 is 0.611 bits per heavy atom. The number of phenols is 2. The SMILES string of the molecule is Cc1cc(O)c(C)c(-c2cc(C)cc(O)c2C)c1. The minimum absolute atomic E-state index is 0.297. The van der Waals surface area contributed by atoms with Crippen molar-refractivity contribution < 1.29 is 10.2 Å². The predicted molar refractivity (Wildman–Crippen MR) is 74.2 cm³/mol. The molecule has 0 aliphatic heterocycles. The van der Waals surface area contributed by atoms with E-state index < -0.39 is 0 Å². The van der Waals surface area contributed by atoms with E-state index in [0.717, 1.165) is 33.4 Å². The van der Waals surface area contributed by atoms with Gasteiger partial charge in [-0.3, -0.25) is 0 Å². The Hall–Kier alpha value is -1.96. The first-order valence-electron chi connectivity index (χ1n) is 6.01. The van der Waals surface area contributed by atoms with Crippen LogP contribution in [-0.2, 0) is 0 Å². The maximum absolute atomic E-state index is 9.91. The van der Waals surface area contributed by atoms with Crippen molar-refractivity contribution in [2.75, 3.05) is 0 Å². The van der Waals surface area contributed by atoms with Crippen LogP contribution in [0, 0.1) is 27.7 Å². The van der Waals surface area contributed by atoms with Gasteiger partial charge in [-0.15, -0.1) is 0 Å². The average molecular weight is 242 g/mol. The summed E-state index contributed by atoms with van der Waals surface area (Å²) in [6.45, 7) is 7.69. The first-order valence-corrected chi connectivity index (χ1v) is 6.01. The van der Waals surface area contributed by atoms with Crippen molar-refractivity contribution in [3.63, 3.8) is 0 Å². The summed E-state index contributed by atoms with van der Waals surface area (Å²) in [6, 6.07) is 7.58. The van der Waals surface area contributed by atoms with Crippen LogP contribution in [0.5, 0.6) is 11.5 Å². The second kappa shape index (κ2) is 4.37. The zero-order chi connectivity index (χ0) is 13.4. The number of benzene rings is 2. The van der Waals surface area contributed by atoms with Gasteiger partial charge in [0.1, 0.15) is 11.5 Å². The molecule has 0 aliphatic carbocycles. The Balaban J connectivity index is 2.77. The van der Waals surface area contributed by atoms with Gasteiger partial charge in [-0.2, -0.15) is 0 Å². The van der Waals surface area contributed by atoms with E-state index >= 15 is 0 Å². The lowest BCUT2D eigenvalue weighted by Gasteiger charge is -2.14. The predicted octanol–water partition coefficient (Wildman–Crippen LogP) is 4.00. The number of rotatable bonds is 1. The Bertz CT molecular complexity index is 557. The Morgan fingerprint density at radius 3 is 1.28 bits per heavy atom. The largest absolute Gasteiger partial charge is 0.508 e. The molecule has 2 N–H and O–H groups in total. The quantitative estimate of drug-likeness (QED) is 0.793. The molecular formula is C16H18O2. The molecule has 2 heteroatoms. The minimum Gasteiger partial charge on any atom is -0.508 e. The monoisotopic (exact) mass is 242 g/mol. The van der Waals surface area contributed by atoms with Crippen LogP contribution in [0.25, 0.3) is 11.1 Å². The van der Waals surface area contributed by atoms with Crippen LogP contribution in [0.2, 0.25) is 0 Å². The smallest absolute Gasteiger partial charge is 0.119 e. The summed E-state index contributed by atoms with van der Waals surface area (Å²) >= 11 is 0. The molecule has 0 aliphatic rings. The summed E-state index contributed by atoms with van der Waals surface area (Å²) in [4.78, 5) is 0. The normalized spacial score (nSPS) is 10.7. The highest BCUT2D eigenvalue weighted by molar-refractivity contribution is 5.75. The fourth-order valence-electron chi connectivity index (χ4n) is 2.24. The molecule has 0 heterocycles. The van der Waals surface area contributed by atoms with Gasteiger partial charge in [0.15, 0.2) is 0 Å². The van der Waals surface area contributed by atoms with Crippen molar-refractivity contribution in [2.24, 2.45) is 0 Å². The average Bonchev–Trinajstić information content (AvgIpc) is 2.28. The van der Waals surface area contributed by atoms with E-state index in [4.69, 9.17) is 0 Å². The molecule has 0 aromatic heterocycles. The first-order chi connectivity index (χ1) is 8.40. The van der Waals surface area contributed by atoms with Crippen LogP contribution >= 0.6 is 0 Å². The molecule has 0 spiro atoms. The number of aromatic hydroxyl groups is 2. The van der Waals surface area contributed by atoms with Crippen LogP contribution < -0.4 is 0 Å². The summed E-state index contributed by atoms with van der Waals surface area (Å²) in [7, 11) is 0. The molecule has 94 valence electrons. The summed E-state index contributed by atoms with van der Waals surface area (Å²) in [5.41, 5.74) is 5.65. The highest BCUT2D eigenvalue weighted by Gasteiger charge is 2.12. The minimum atomic E-state index is 0.297. The molecule has 2 aromatic carbocycles. The molecule has 0 amide bonds. The number of hydrogen-bond acceptors (Lipinski definition) is 2. The Morgan fingerprint density at radius 2 is 0.944 bits per heavy atom. The van der Waals surface area contributed by atoms with Gasteiger partial charge < -0.3 is 10.2 Å². The Labute approximate surface area is 108 Å². The van der Waals surface area contributed by atoms with Crippen LogP contribution in [0.4, 0.5) is 0 Å². The van der Waals surface area contributed by atoms with Gasteiger partial charge in [0.2, 0.25) is 0 Å². The molecule has 0 fully saturated rings. The standard InChI is InChI=1S/C16H18O2/c1-9-5-13(11(3)15(17)7-9)14-6-10(2)8-16(18)12(14)4/h5-8,17-18H,1-4H3. The van der Waals surface area contributed by atoms with Crippen molar-refractivity contribution in [1.29, 1.82) is 0 Å². The maximum Gasteiger partial charge on any atom is 0.119 e. The van der Waals surface area contributed by atoms with Gasteiger partial charge in [-0.05, 0) is 73.2 Å². The molecule has 0 saturated heterocycles. The van der Waals surface area contributed by atoms with E-state index in [1.165, 1.54) is 0 Å². The molecule has 0 atom stereocenters. The number of hydrogen-bond donors (Lipinski definition) is 2. The number of phenolic OH excluding ortho intramolecular Hbond substituents is 2. The van der Waals surface area contributed by atoms with Gasteiger partial charge in [0.25, 0.3) is 0 Å². The van der Waals surface area contributed by atoms with Gasteiger partial charge in [0.05, 0.1) is 0 Å². The van der Waals surface area contributed by atoms with E-state index in [0.29, 0.717) is 11.5 Å². The summed E-state index contributed by atoms with van der Waals surface area (Å²) in [6.07, 6.45) is 0. The van der Waals surface area contributed by atoms with Crippen molar-refractivity contribution >= 4 is 0 Å². The highest BCUT2D eigenvalue weighted by Crippen LogP contribution is 2.36. The van der Waals surface area contributed by atoms with Crippen molar-refractivity contribution in [1.82, 2.24) is 0 Å². The Kier molecular flexibility index (Phi) is 3.04. The van der Waals surface area contributed by atoms with Gasteiger partial charge in [-0.25, -0.2) is 0 Å². The van der Waals surface area contributed by atoms with E-state index in [1.54, 1.807) is 12.1 Å². The third-order valence-electron chi connectivity index (χ3n) is 3.34. The molecule has 2 nitrogen and oxygen atoms in total. The zero-order valence-corrected chi connectivity index (χ0v) is 11.2. The molecule has 2 aromatic rings. The topological polar surface area (TPSA) is 40.5 Å². The second-order valence-corrected chi connectivity index (χ2v) is 4.91. The van der Waals surface area contributed by atoms with Crippen molar-refractivity contribution in [3.05, 3.63) is 46.5 Å². The van der Waals surface area contributed by atoms with E-state index in [-0.39, 0.29) is 0 Å². The van der Waals surface area contributed by atoms with E-state index in [9.17, 15) is 10.2 Å². The molecular weight excluding hydrogens is 224 g/mol. The third kappa shape index (κ3) is 2.06. The maximum atomic E-state index is 9.91.